The fourth-order valence-corrected chi connectivity index (χ4v) is 9.17. The number of carbonyl (C=O) groups is 2. The number of methoxy groups -OCH3 is 2. The second-order valence-electron chi connectivity index (χ2n) is 18.0. The van der Waals surface area contributed by atoms with Crippen LogP contribution in [0.25, 0.3) is 0 Å². The number of nitrogens with zero attached hydrogens (tertiary/aromatic N) is 1. The molecule has 0 spiro atoms. The molecule has 17 atom stereocenters. The highest BCUT2D eigenvalue weighted by Crippen LogP contribution is 2.39. The Hall–Kier alpha value is -2.00. The molecule has 340 valence electrons. The third-order valence-corrected chi connectivity index (χ3v) is 13.5. The lowest BCUT2D eigenvalue weighted by molar-refractivity contribution is -0.294. The molecule has 2 saturated heterocycles. The number of carbonyl (C=O) groups excluding carboxylic acids is 2. The third-order valence-electron chi connectivity index (χ3n) is 13.5. The van der Waals surface area contributed by atoms with Gasteiger partial charge in [-0.1, -0.05) is 78.3 Å². The molecule has 0 aromatic heterocycles. The summed E-state index contributed by atoms with van der Waals surface area (Å²) in [6.45, 7) is 23.2. The van der Waals surface area contributed by atoms with Crippen LogP contribution in [-0.4, -0.2) is 125 Å². The van der Waals surface area contributed by atoms with E-state index in [9.17, 15) is 14.7 Å². The zero-order valence-corrected chi connectivity index (χ0v) is 39.0. The van der Waals surface area contributed by atoms with Gasteiger partial charge < -0.3 is 47.9 Å². The lowest BCUT2D eigenvalue weighted by atomic mass is 9.79. The van der Waals surface area contributed by atoms with Gasteiger partial charge >= 0.3 is 5.97 Å². The molecular weight excluding hydrogens is 755 g/mol. The summed E-state index contributed by atoms with van der Waals surface area (Å²) in [4.78, 5) is 29.9. The Morgan fingerprint density at radius 3 is 2.14 bits per heavy atom. The lowest BCUT2D eigenvalue weighted by Gasteiger charge is -2.49. The van der Waals surface area contributed by atoms with Gasteiger partial charge in [0, 0.05) is 56.3 Å². The SMILES string of the molecule is C/C=C/CO[C@H]1[C@H](N(C)C)[C@@H](C)[C@H](O[C@H]2[C@@H](CC(OC)OC)C[C@@H](C)C(=O)/C=C/C(C)=C/[C@H](CO[C@@H]3O[C@H](C)[C@@H](C)[C@@H](C)[C@H]3C)[C@@H](CC)OC(=O)C[C@@H](O)[C@@H]2C)O[C@@H]1C. The van der Waals surface area contributed by atoms with E-state index in [2.05, 4.69) is 39.5 Å². The molecule has 0 radical (unpaired) electrons. The highest BCUT2D eigenvalue weighted by molar-refractivity contribution is 5.91. The van der Waals surface area contributed by atoms with Gasteiger partial charge in [-0.2, -0.15) is 0 Å². The van der Waals surface area contributed by atoms with E-state index in [4.69, 9.17) is 37.9 Å². The topological polar surface area (TPSA) is 131 Å². The second kappa shape index (κ2) is 24.6. The zero-order valence-electron chi connectivity index (χ0n) is 39.0. The monoisotopic (exact) mass is 836 g/mol. The van der Waals surface area contributed by atoms with E-state index in [1.807, 2.05) is 79.9 Å². The van der Waals surface area contributed by atoms with Gasteiger partial charge in [0.1, 0.15) is 6.10 Å². The van der Waals surface area contributed by atoms with Gasteiger partial charge in [0.25, 0.3) is 0 Å². The Labute approximate surface area is 356 Å². The lowest BCUT2D eigenvalue weighted by Crippen LogP contribution is -2.60. The van der Waals surface area contributed by atoms with E-state index in [1.165, 1.54) is 0 Å². The predicted octanol–water partition coefficient (Wildman–Crippen LogP) is 7.38. The number of aliphatic hydroxyl groups excluding tert-OH is 1. The third kappa shape index (κ3) is 14.3. The molecule has 3 aliphatic rings. The molecule has 12 heteroatoms. The molecule has 3 heterocycles. The Morgan fingerprint density at radius 2 is 1.53 bits per heavy atom. The van der Waals surface area contributed by atoms with E-state index in [-0.39, 0.29) is 66.8 Å². The molecule has 0 unspecified atom stereocenters. The Morgan fingerprint density at radius 1 is 0.864 bits per heavy atom. The van der Waals surface area contributed by atoms with Crippen LogP contribution in [0.15, 0.2) is 36.0 Å². The normalized spacial score (nSPS) is 41.3. The summed E-state index contributed by atoms with van der Waals surface area (Å²) in [5.74, 6) is -1.37. The molecule has 1 N–H and O–H groups in total. The van der Waals surface area contributed by atoms with Crippen molar-refractivity contribution in [2.45, 2.75) is 163 Å². The summed E-state index contributed by atoms with van der Waals surface area (Å²) in [6.07, 6.45) is 5.95. The molecule has 0 aromatic rings. The molecule has 2 fully saturated rings. The number of allylic oxidation sites excluding steroid dienone is 4. The largest absolute Gasteiger partial charge is 0.462 e. The van der Waals surface area contributed by atoms with Crippen molar-refractivity contribution in [1.29, 1.82) is 0 Å². The maximum atomic E-state index is 13.9. The first-order valence-electron chi connectivity index (χ1n) is 22.2. The molecular formula is C47H81NO11. The highest BCUT2D eigenvalue weighted by Gasteiger charge is 2.47. The van der Waals surface area contributed by atoms with Crippen molar-refractivity contribution in [2.24, 2.45) is 47.3 Å². The van der Waals surface area contributed by atoms with Gasteiger partial charge in [-0.05, 0) is 78.5 Å². The molecule has 0 aromatic carbocycles. The van der Waals surface area contributed by atoms with Crippen molar-refractivity contribution in [1.82, 2.24) is 4.90 Å². The fraction of sp³-hybridized carbons (Fsp3) is 0.830. The van der Waals surface area contributed by atoms with Crippen LogP contribution >= 0.6 is 0 Å². The summed E-state index contributed by atoms with van der Waals surface area (Å²) in [7, 11) is 7.22. The first kappa shape index (κ1) is 51.4. The second-order valence-corrected chi connectivity index (χ2v) is 18.0. The van der Waals surface area contributed by atoms with Crippen LogP contribution in [0.3, 0.4) is 0 Å². The molecule has 0 amide bonds. The van der Waals surface area contributed by atoms with Crippen LogP contribution in [0.1, 0.15) is 102 Å². The quantitative estimate of drug-likeness (QED) is 0.107. The number of hydrogen-bond donors (Lipinski definition) is 1. The minimum Gasteiger partial charge on any atom is -0.462 e. The van der Waals surface area contributed by atoms with Crippen LogP contribution < -0.4 is 0 Å². The molecule has 3 aliphatic heterocycles. The molecule has 0 bridgehead atoms. The van der Waals surface area contributed by atoms with Gasteiger partial charge in [0.15, 0.2) is 24.7 Å². The summed E-state index contributed by atoms with van der Waals surface area (Å²) >= 11 is 0. The number of esters is 1. The maximum Gasteiger partial charge on any atom is 0.308 e. The Kier molecular flexibility index (Phi) is 21.4. The maximum absolute atomic E-state index is 13.9. The van der Waals surface area contributed by atoms with Crippen molar-refractivity contribution in [2.75, 3.05) is 41.5 Å². The number of likely N-dealkylation sites (N-methyl/N-ethyl adjacent to an activating group) is 1. The van der Waals surface area contributed by atoms with Gasteiger partial charge in [-0.3, -0.25) is 9.59 Å². The summed E-state index contributed by atoms with van der Waals surface area (Å²) in [6, 6.07) is -0.0485. The Bertz CT molecular complexity index is 1360. The van der Waals surface area contributed by atoms with E-state index < -0.39 is 55.0 Å². The standard InChI is InChI=1S/C47H81NO11/c1-16-18-21-54-45-35(11)57-47(33(9)43(45)48(12)13)59-44-32(8)39(50)25-41(51)58-40(17-2)37(26-55-46-31(7)29(5)30(6)34(10)56-46)22-27(3)19-20-38(49)28(4)23-36(44)24-42(52-14)53-15/h16,18-20,22,28-37,39-40,42-47,50H,17,21,23-26H2,1-15H3/b18-16+,20-19+,27-22+/t28-,29-,30+,31-,32+,33-,34-,35-,36-,37-,39-,40-,43-,44-,45-,46-,47+/m1/s1. The summed E-state index contributed by atoms with van der Waals surface area (Å²) in [5, 5.41) is 12.0. The molecule has 12 nitrogen and oxygen atoms in total. The minimum absolute atomic E-state index is 0.0364. The first-order chi connectivity index (χ1) is 27.9. The van der Waals surface area contributed by atoms with Gasteiger partial charge in [-0.15, -0.1) is 0 Å². The average Bonchev–Trinajstić information content (AvgIpc) is 3.19. The first-order valence-corrected chi connectivity index (χ1v) is 22.2. The van der Waals surface area contributed by atoms with E-state index in [1.54, 1.807) is 20.3 Å². The van der Waals surface area contributed by atoms with Gasteiger partial charge in [-0.25, -0.2) is 0 Å². The highest BCUT2D eigenvalue weighted by atomic mass is 16.7. The van der Waals surface area contributed by atoms with E-state index in [0.29, 0.717) is 37.7 Å². The van der Waals surface area contributed by atoms with Gasteiger partial charge in [0.05, 0.1) is 50.2 Å². The number of aliphatic hydroxyl groups is 1. The van der Waals surface area contributed by atoms with Crippen LogP contribution in [0.5, 0.6) is 0 Å². The molecule has 0 saturated carbocycles. The number of ketones is 1. The summed E-state index contributed by atoms with van der Waals surface area (Å²) in [5.41, 5.74) is 0.847. The summed E-state index contributed by atoms with van der Waals surface area (Å²) < 4.78 is 50.4. The fourth-order valence-electron chi connectivity index (χ4n) is 9.17. The Balaban J connectivity index is 2.02. The van der Waals surface area contributed by atoms with Crippen LogP contribution in [-0.2, 0) is 47.5 Å². The number of cyclic esters (lactones) is 1. The average molecular weight is 836 g/mol. The van der Waals surface area contributed by atoms with Crippen molar-refractivity contribution >= 4 is 11.8 Å². The van der Waals surface area contributed by atoms with Crippen molar-refractivity contribution in [3.63, 3.8) is 0 Å². The number of rotatable bonds is 14. The number of ether oxygens (including phenoxy) is 8. The van der Waals surface area contributed by atoms with Crippen molar-refractivity contribution in [3.8, 4) is 0 Å². The van der Waals surface area contributed by atoms with Crippen LogP contribution in [0, 0.1) is 47.3 Å². The van der Waals surface area contributed by atoms with Gasteiger partial charge in [0.2, 0.25) is 0 Å². The van der Waals surface area contributed by atoms with Crippen molar-refractivity contribution in [3.05, 3.63) is 36.0 Å². The zero-order chi connectivity index (χ0) is 44.1. The van der Waals surface area contributed by atoms with Crippen LogP contribution in [0.4, 0.5) is 0 Å². The van der Waals surface area contributed by atoms with Crippen LogP contribution in [0.2, 0.25) is 0 Å². The smallest absolute Gasteiger partial charge is 0.308 e. The minimum atomic E-state index is -1.14. The van der Waals surface area contributed by atoms with E-state index in [0.717, 1.165) is 5.57 Å². The molecule has 3 rings (SSSR count). The number of hydrogen-bond acceptors (Lipinski definition) is 12. The molecule has 0 aliphatic carbocycles. The molecule has 59 heavy (non-hydrogen) atoms. The van der Waals surface area contributed by atoms with Crippen molar-refractivity contribution < 1.29 is 52.6 Å². The van der Waals surface area contributed by atoms with E-state index >= 15 is 0 Å². The predicted molar refractivity (Wildman–Crippen MR) is 229 cm³/mol.